The number of carbonyl (C=O) groups is 1. The zero-order valence-electron chi connectivity index (χ0n) is 15.6. The van der Waals surface area contributed by atoms with Gasteiger partial charge in [0.2, 0.25) is 0 Å². The third-order valence-electron chi connectivity index (χ3n) is 4.06. The molecule has 0 saturated carbocycles. The van der Waals surface area contributed by atoms with E-state index >= 15 is 0 Å². The molecule has 0 spiro atoms. The lowest BCUT2D eigenvalue weighted by molar-refractivity contribution is -0.137. The van der Waals surface area contributed by atoms with Crippen LogP contribution in [0, 0.1) is 0 Å². The van der Waals surface area contributed by atoms with Gasteiger partial charge in [-0.25, -0.2) is 4.79 Å². The molecule has 7 heteroatoms. The molecule has 0 saturated heterocycles. The largest absolute Gasteiger partial charge is 0.486 e. The number of rotatable bonds is 7. The van der Waals surface area contributed by atoms with E-state index in [1.807, 2.05) is 0 Å². The lowest BCUT2D eigenvalue weighted by Crippen LogP contribution is -2.04. The van der Waals surface area contributed by atoms with Gasteiger partial charge in [0.1, 0.15) is 12.4 Å². The quantitative estimate of drug-likeness (QED) is 0.494. The van der Waals surface area contributed by atoms with Crippen molar-refractivity contribution >= 4 is 12.0 Å². The zero-order valence-corrected chi connectivity index (χ0v) is 15.6. The molecule has 0 heterocycles. The van der Waals surface area contributed by atoms with Gasteiger partial charge in [0.05, 0.1) is 11.1 Å². The maximum Gasteiger partial charge on any atom is 0.416 e. The van der Waals surface area contributed by atoms with Gasteiger partial charge in [-0.05, 0) is 60.2 Å². The number of hydrogen-bond donors (Lipinski definition) is 1. The maximum absolute atomic E-state index is 12.6. The summed E-state index contributed by atoms with van der Waals surface area (Å²) >= 11 is 0. The summed E-state index contributed by atoms with van der Waals surface area (Å²) < 4.78 is 49.2. The Balaban J connectivity index is 1.61. The van der Waals surface area contributed by atoms with Crippen molar-refractivity contribution in [3.8, 4) is 17.2 Å². The fraction of sp³-hybridized carbons (Fsp3) is 0.0870. The van der Waals surface area contributed by atoms with Crippen LogP contribution in [0.25, 0.3) is 6.08 Å². The standard InChI is InChI=1S/C23H17F3O4/c24-23(25,26)18-11-7-16(8-12-18)4-3-15-29-20-5-1-2-6-21(20)30-19-13-9-17(10-14-19)22(27)28/h1-14H,15H2,(H,27,28). The molecule has 0 amide bonds. The SMILES string of the molecule is O=C(O)c1ccc(Oc2ccccc2OCC=Cc2ccc(C(F)(F)F)cc2)cc1. The van der Waals surface area contributed by atoms with Gasteiger partial charge in [0.15, 0.2) is 11.5 Å². The van der Waals surface area contributed by atoms with Crippen LogP contribution in [0.2, 0.25) is 0 Å². The van der Waals surface area contributed by atoms with Crippen LogP contribution in [0.4, 0.5) is 13.2 Å². The molecule has 3 aromatic rings. The Labute approximate surface area is 170 Å². The van der Waals surface area contributed by atoms with Crippen molar-refractivity contribution in [2.45, 2.75) is 6.18 Å². The zero-order chi connectivity index (χ0) is 21.6. The summed E-state index contributed by atoms with van der Waals surface area (Å²) in [4.78, 5) is 10.9. The van der Waals surface area contributed by atoms with Crippen LogP contribution in [0.5, 0.6) is 17.2 Å². The third-order valence-corrected chi connectivity index (χ3v) is 4.06. The summed E-state index contributed by atoms with van der Waals surface area (Å²) in [5, 5.41) is 8.94. The van der Waals surface area contributed by atoms with Crippen molar-refractivity contribution in [1.29, 1.82) is 0 Å². The molecule has 0 fully saturated rings. The lowest BCUT2D eigenvalue weighted by Gasteiger charge is -2.11. The van der Waals surface area contributed by atoms with Crippen LogP contribution in [0.15, 0.2) is 78.9 Å². The number of hydrogen-bond acceptors (Lipinski definition) is 3. The number of carboxylic acids is 1. The predicted octanol–water partition coefficient (Wildman–Crippen LogP) is 6.29. The van der Waals surface area contributed by atoms with E-state index in [1.165, 1.54) is 24.3 Å². The lowest BCUT2D eigenvalue weighted by atomic mass is 10.1. The summed E-state index contributed by atoms with van der Waals surface area (Å²) in [6, 6.07) is 17.8. The highest BCUT2D eigenvalue weighted by Crippen LogP contribution is 2.32. The van der Waals surface area contributed by atoms with Crippen molar-refractivity contribution < 1.29 is 32.5 Å². The van der Waals surface area contributed by atoms with E-state index < -0.39 is 17.7 Å². The molecule has 0 aliphatic heterocycles. The normalized spacial score (nSPS) is 11.4. The predicted molar refractivity (Wildman–Crippen MR) is 106 cm³/mol. The van der Waals surface area contributed by atoms with E-state index in [9.17, 15) is 18.0 Å². The molecular formula is C23H17F3O4. The number of halogens is 3. The number of aromatic carboxylic acids is 1. The summed E-state index contributed by atoms with van der Waals surface area (Å²) in [5.74, 6) is 0.349. The molecule has 0 unspecified atom stereocenters. The van der Waals surface area contributed by atoms with Gasteiger partial charge < -0.3 is 14.6 Å². The average molecular weight is 414 g/mol. The molecule has 4 nitrogen and oxygen atoms in total. The van der Waals surface area contributed by atoms with Crippen LogP contribution in [-0.4, -0.2) is 17.7 Å². The van der Waals surface area contributed by atoms with E-state index in [0.29, 0.717) is 22.8 Å². The molecule has 0 aromatic heterocycles. The molecule has 30 heavy (non-hydrogen) atoms. The number of para-hydroxylation sites is 2. The molecule has 0 atom stereocenters. The van der Waals surface area contributed by atoms with Crippen LogP contribution in [0.1, 0.15) is 21.5 Å². The molecule has 1 N–H and O–H groups in total. The molecule has 0 radical (unpaired) electrons. The Hall–Kier alpha value is -3.74. The Kier molecular flexibility index (Phi) is 6.41. The second-order valence-electron chi connectivity index (χ2n) is 6.21. The third kappa shape index (κ3) is 5.64. The fourth-order valence-corrected chi connectivity index (χ4v) is 2.55. The highest BCUT2D eigenvalue weighted by molar-refractivity contribution is 5.87. The van der Waals surface area contributed by atoms with Crippen molar-refractivity contribution in [3.05, 3.63) is 95.6 Å². The number of benzene rings is 3. The van der Waals surface area contributed by atoms with Gasteiger partial charge in [-0.15, -0.1) is 0 Å². The molecule has 0 aliphatic carbocycles. The first-order valence-electron chi connectivity index (χ1n) is 8.90. The maximum atomic E-state index is 12.6. The van der Waals surface area contributed by atoms with Crippen LogP contribution in [-0.2, 0) is 6.18 Å². The van der Waals surface area contributed by atoms with Gasteiger partial charge >= 0.3 is 12.1 Å². The van der Waals surface area contributed by atoms with Gasteiger partial charge in [-0.3, -0.25) is 0 Å². The molecule has 3 rings (SSSR count). The highest BCUT2D eigenvalue weighted by atomic mass is 19.4. The summed E-state index contributed by atoms with van der Waals surface area (Å²) in [5.41, 5.74) is 0.0771. The molecule has 0 bridgehead atoms. The average Bonchev–Trinajstić information content (AvgIpc) is 2.72. The molecular weight excluding hydrogens is 397 g/mol. The molecule has 154 valence electrons. The summed E-state index contributed by atoms with van der Waals surface area (Å²) in [6.07, 6.45) is -1.02. The minimum Gasteiger partial charge on any atom is -0.486 e. The number of ether oxygens (including phenoxy) is 2. The fourth-order valence-electron chi connectivity index (χ4n) is 2.55. The van der Waals surface area contributed by atoms with E-state index in [1.54, 1.807) is 48.6 Å². The Bertz CT molecular complexity index is 1020. The second-order valence-corrected chi connectivity index (χ2v) is 6.21. The van der Waals surface area contributed by atoms with Crippen molar-refractivity contribution in [2.75, 3.05) is 6.61 Å². The van der Waals surface area contributed by atoms with E-state index in [4.69, 9.17) is 14.6 Å². The first-order chi connectivity index (χ1) is 14.3. The topological polar surface area (TPSA) is 55.8 Å². The van der Waals surface area contributed by atoms with E-state index in [-0.39, 0.29) is 12.2 Å². The van der Waals surface area contributed by atoms with E-state index in [0.717, 1.165) is 12.1 Å². The summed E-state index contributed by atoms with van der Waals surface area (Å²) in [6.45, 7) is 0.180. The first kappa shape index (κ1) is 21.0. The Morgan fingerprint density at radius 2 is 1.53 bits per heavy atom. The van der Waals surface area contributed by atoms with E-state index in [2.05, 4.69) is 0 Å². The number of alkyl halides is 3. The van der Waals surface area contributed by atoms with Gasteiger partial charge in [-0.1, -0.05) is 30.3 Å². The Morgan fingerprint density at radius 3 is 2.13 bits per heavy atom. The Morgan fingerprint density at radius 1 is 0.900 bits per heavy atom. The molecule has 0 aliphatic rings. The minimum absolute atomic E-state index is 0.153. The minimum atomic E-state index is -4.36. The first-order valence-corrected chi connectivity index (χ1v) is 8.90. The highest BCUT2D eigenvalue weighted by Gasteiger charge is 2.29. The van der Waals surface area contributed by atoms with Crippen LogP contribution < -0.4 is 9.47 Å². The monoisotopic (exact) mass is 414 g/mol. The van der Waals surface area contributed by atoms with Gasteiger partial charge in [0.25, 0.3) is 0 Å². The smallest absolute Gasteiger partial charge is 0.416 e. The number of carboxylic acid groups (broad SMARTS) is 1. The van der Waals surface area contributed by atoms with Crippen LogP contribution >= 0.6 is 0 Å². The summed E-state index contributed by atoms with van der Waals surface area (Å²) in [7, 11) is 0. The van der Waals surface area contributed by atoms with Crippen molar-refractivity contribution in [3.63, 3.8) is 0 Å². The van der Waals surface area contributed by atoms with Crippen molar-refractivity contribution in [1.82, 2.24) is 0 Å². The van der Waals surface area contributed by atoms with Gasteiger partial charge in [-0.2, -0.15) is 13.2 Å². The van der Waals surface area contributed by atoms with Crippen LogP contribution in [0.3, 0.4) is 0 Å². The molecule has 3 aromatic carbocycles. The second kappa shape index (κ2) is 9.17. The van der Waals surface area contributed by atoms with Gasteiger partial charge in [0, 0.05) is 0 Å². The van der Waals surface area contributed by atoms with Crippen molar-refractivity contribution in [2.24, 2.45) is 0 Å².